The molecular formula is C21H22N4O5. The van der Waals surface area contributed by atoms with E-state index < -0.39 is 29.7 Å². The van der Waals surface area contributed by atoms with Gasteiger partial charge in [-0.15, -0.1) is 0 Å². The van der Waals surface area contributed by atoms with Gasteiger partial charge >= 0.3 is 11.7 Å². The van der Waals surface area contributed by atoms with Gasteiger partial charge in [0.2, 0.25) is 5.91 Å². The molecule has 3 rings (SSSR count). The van der Waals surface area contributed by atoms with Gasteiger partial charge in [0, 0.05) is 12.7 Å². The SMILES string of the molecule is COC(=O)c1cc(C)nc2c1c(=O)n(CC(=O)N[C@H](C)c1ccccc1)c(=O)n2C. The molecule has 0 spiro atoms. The highest BCUT2D eigenvalue weighted by atomic mass is 16.5. The van der Waals surface area contributed by atoms with E-state index in [0.29, 0.717) is 5.69 Å². The summed E-state index contributed by atoms with van der Waals surface area (Å²) in [6.07, 6.45) is 0. The van der Waals surface area contributed by atoms with Crippen LogP contribution in [0.3, 0.4) is 0 Å². The summed E-state index contributed by atoms with van der Waals surface area (Å²) in [7, 11) is 2.63. The molecule has 9 heteroatoms. The van der Waals surface area contributed by atoms with Gasteiger partial charge in [-0.1, -0.05) is 30.3 Å². The highest BCUT2D eigenvalue weighted by molar-refractivity contribution is 6.02. The summed E-state index contributed by atoms with van der Waals surface area (Å²) in [6.45, 7) is 2.95. The largest absolute Gasteiger partial charge is 0.465 e. The summed E-state index contributed by atoms with van der Waals surface area (Å²) in [5.74, 6) is -1.24. The quantitative estimate of drug-likeness (QED) is 0.630. The number of hydrogen-bond acceptors (Lipinski definition) is 6. The Bertz CT molecular complexity index is 1240. The lowest BCUT2D eigenvalue weighted by Crippen LogP contribution is -2.44. The summed E-state index contributed by atoms with van der Waals surface area (Å²) in [6, 6.07) is 10.4. The predicted molar refractivity (Wildman–Crippen MR) is 110 cm³/mol. The highest BCUT2D eigenvalue weighted by Crippen LogP contribution is 2.15. The molecule has 2 heterocycles. The minimum absolute atomic E-state index is 0.00703. The molecule has 0 aliphatic heterocycles. The van der Waals surface area contributed by atoms with Crippen LogP contribution in [0, 0.1) is 6.92 Å². The van der Waals surface area contributed by atoms with Crippen molar-refractivity contribution >= 4 is 22.9 Å². The van der Waals surface area contributed by atoms with Crippen LogP contribution >= 0.6 is 0 Å². The van der Waals surface area contributed by atoms with Crippen LogP contribution in [-0.2, 0) is 23.1 Å². The fraction of sp³-hybridized carbons (Fsp3) is 0.286. The van der Waals surface area contributed by atoms with Crippen LogP contribution in [0.4, 0.5) is 0 Å². The van der Waals surface area contributed by atoms with Gasteiger partial charge in [-0.25, -0.2) is 14.6 Å². The van der Waals surface area contributed by atoms with Gasteiger partial charge < -0.3 is 10.1 Å². The molecule has 1 N–H and O–H groups in total. The first-order chi connectivity index (χ1) is 14.2. The van der Waals surface area contributed by atoms with Crippen LogP contribution in [0.15, 0.2) is 46.0 Å². The third-order valence-electron chi connectivity index (χ3n) is 4.81. The summed E-state index contributed by atoms with van der Waals surface area (Å²) in [4.78, 5) is 54.8. The first-order valence-corrected chi connectivity index (χ1v) is 9.28. The first kappa shape index (κ1) is 21.0. The normalized spacial score (nSPS) is 11.9. The number of nitrogens with one attached hydrogen (secondary N) is 1. The monoisotopic (exact) mass is 410 g/mol. The second-order valence-corrected chi connectivity index (χ2v) is 6.93. The van der Waals surface area contributed by atoms with Gasteiger partial charge in [-0.3, -0.25) is 18.7 Å². The number of carbonyl (C=O) groups excluding carboxylic acids is 2. The van der Waals surface area contributed by atoms with E-state index in [-0.39, 0.29) is 22.6 Å². The maximum Gasteiger partial charge on any atom is 0.338 e. The van der Waals surface area contributed by atoms with E-state index in [1.807, 2.05) is 30.3 Å². The van der Waals surface area contributed by atoms with Gasteiger partial charge in [-0.2, -0.15) is 0 Å². The number of benzene rings is 1. The van der Waals surface area contributed by atoms with Gasteiger partial charge in [0.25, 0.3) is 5.56 Å². The Labute approximate surface area is 171 Å². The van der Waals surface area contributed by atoms with Crippen LogP contribution in [0.2, 0.25) is 0 Å². The average Bonchev–Trinajstić information content (AvgIpc) is 2.74. The average molecular weight is 410 g/mol. The van der Waals surface area contributed by atoms with E-state index in [1.165, 1.54) is 20.2 Å². The Morgan fingerprint density at radius 1 is 1.20 bits per heavy atom. The van der Waals surface area contributed by atoms with E-state index in [2.05, 4.69) is 10.3 Å². The Kier molecular flexibility index (Phi) is 5.81. The molecule has 0 radical (unpaired) electrons. The zero-order chi connectivity index (χ0) is 22.0. The van der Waals surface area contributed by atoms with Crippen molar-refractivity contribution in [1.82, 2.24) is 19.4 Å². The number of amides is 1. The maximum absolute atomic E-state index is 13.1. The van der Waals surface area contributed by atoms with Gasteiger partial charge in [-0.05, 0) is 25.5 Å². The van der Waals surface area contributed by atoms with Crippen molar-refractivity contribution in [2.24, 2.45) is 7.05 Å². The molecule has 9 nitrogen and oxygen atoms in total. The summed E-state index contributed by atoms with van der Waals surface area (Å²) in [5.41, 5.74) is -0.0960. The van der Waals surface area contributed by atoms with Crippen molar-refractivity contribution in [2.45, 2.75) is 26.4 Å². The molecule has 1 amide bonds. The van der Waals surface area contributed by atoms with Crippen molar-refractivity contribution in [1.29, 1.82) is 0 Å². The molecule has 0 saturated carbocycles. The lowest BCUT2D eigenvalue weighted by Gasteiger charge is -2.16. The number of rotatable bonds is 5. The lowest BCUT2D eigenvalue weighted by molar-refractivity contribution is -0.122. The molecule has 3 aromatic rings. The Hall–Kier alpha value is -3.75. The van der Waals surface area contributed by atoms with Crippen LogP contribution in [0.25, 0.3) is 11.0 Å². The number of pyridine rings is 1. The third kappa shape index (κ3) is 3.86. The number of methoxy groups -OCH3 is 1. The lowest BCUT2D eigenvalue weighted by atomic mass is 10.1. The fourth-order valence-corrected chi connectivity index (χ4v) is 3.27. The van der Waals surface area contributed by atoms with E-state index >= 15 is 0 Å². The van der Waals surface area contributed by atoms with Gasteiger partial charge in [0.1, 0.15) is 12.2 Å². The standard InChI is InChI=1S/C21H22N4O5/c1-12-10-15(20(28)30-4)17-18(22-12)24(3)21(29)25(19(17)27)11-16(26)23-13(2)14-8-6-5-7-9-14/h5-10,13H,11H2,1-4H3,(H,23,26)/t13-/m1/s1. The predicted octanol–water partition coefficient (Wildman–Crippen LogP) is 1.07. The topological polar surface area (TPSA) is 112 Å². The molecule has 156 valence electrons. The molecule has 0 aliphatic carbocycles. The number of hydrogen-bond donors (Lipinski definition) is 1. The van der Waals surface area contributed by atoms with Gasteiger partial charge in [0.15, 0.2) is 0 Å². The van der Waals surface area contributed by atoms with E-state index in [9.17, 15) is 19.2 Å². The number of fused-ring (bicyclic) bond motifs is 1. The highest BCUT2D eigenvalue weighted by Gasteiger charge is 2.22. The zero-order valence-corrected chi connectivity index (χ0v) is 17.1. The molecule has 0 fully saturated rings. The molecular weight excluding hydrogens is 388 g/mol. The molecule has 1 atom stereocenters. The molecule has 1 aromatic carbocycles. The smallest absolute Gasteiger partial charge is 0.338 e. The number of aryl methyl sites for hydroxylation is 2. The molecule has 30 heavy (non-hydrogen) atoms. The van der Waals surface area contributed by atoms with E-state index in [4.69, 9.17) is 4.74 Å². The summed E-state index contributed by atoms with van der Waals surface area (Å²) in [5, 5.41) is 2.70. The zero-order valence-electron chi connectivity index (χ0n) is 17.1. The van der Waals surface area contributed by atoms with Gasteiger partial charge in [0.05, 0.1) is 24.1 Å². The molecule has 0 bridgehead atoms. The van der Waals surface area contributed by atoms with E-state index in [0.717, 1.165) is 14.7 Å². The van der Waals surface area contributed by atoms with E-state index in [1.54, 1.807) is 13.8 Å². The summed E-state index contributed by atoms with van der Waals surface area (Å²) >= 11 is 0. The maximum atomic E-state index is 13.1. The molecule has 2 aromatic heterocycles. The minimum Gasteiger partial charge on any atom is -0.465 e. The fourth-order valence-electron chi connectivity index (χ4n) is 3.27. The van der Waals surface area contributed by atoms with Crippen LogP contribution in [-0.4, -0.2) is 33.1 Å². The van der Waals surface area contributed by atoms with Crippen molar-refractivity contribution in [2.75, 3.05) is 7.11 Å². The Morgan fingerprint density at radius 3 is 2.50 bits per heavy atom. The second-order valence-electron chi connectivity index (χ2n) is 6.93. The summed E-state index contributed by atoms with van der Waals surface area (Å²) < 4.78 is 6.70. The van der Waals surface area contributed by atoms with Crippen molar-refractivity contribution in [3.63, 3.8) is 0 Å². The van der Waals surface area contributed by atoms with Crippen LogP contribution in [0.1, 0.15) is 34.6 Å². The Morgan fingerprint density at radius 2 is 1.87 bits per heavy atom. The number of carbonyl (C=O) groups is 2. The number of ether oxygens (including phenoxy) is 1. The van der Waals surface area contributed by atoms with Crippen molar-refractivity contribution in [3.8, 4) is 0 Å². The molecule has 0 saturated heterocycles. The number of nitrogens with zero attached hydrogens (tertiary/aromatic N) is 3. The Balaban J connectivity index is 2.05. The second kappa shape index (κ2) is 8.32. The van der Waals surface area contributed by atoms with Crippen LogP contribution < -0.4 is 16.6 Å². The molecule has 0 aliphatic rings. The third-order valence-corrected chi connectivity index (χ3v) is 4.81. The first-order valence-electron chi connectivity index (χ1n) is 9.28. The van der Waals surface area contributed by atoms with Crippen LogP contribution in [0.5, 0.6) is 0 Å². The molecule has 0 unspecified atom stereocenters. The minimum atomic E-state index is -0.775. The van der Waals surface area contributed by atoms with Crippen molar-refractivity contribution < 1.29 is 14.3 Å². The number of esters is 1. The van der Waals surface area contributed by atoms with Crippen molar-refractivity contribution in [3.05, 3.63) is 74.1 Å². The number of aromatic nitrogens is 3.